The van der Waals surface area contributed by atoms with E-state index in [0.717, 1.165) is 16.8 Å². The zero-order valence-electron chi connectivity index (χ0n) is 24.3. The molecule has 1 aromatic heterocycles. The minimum Gasteiger partial charge on any atom is -0.462 e. The fourth-order valence-electron chi connectivity index (χ4n) is 3.93. The molecular weight excluding hydrogens is 606 g/mol. The third kappa shape index (κ3) is 8.81. The predicted molar refractivity (Wildman–Crippen MR) is 157 cm³/mol. The van der Waals surface area contributed by atoms with Gasteiger partial charge in [-0.25, -0.2) is 9.36 Å². The number of H-pyrrole nitrogens is 1. The van der Waals surface area contributed by atoms with Crippen LogP contribution in [0, 0.1) is 5.92 Å². The van der Waals surface area contributed by atoms with Crippen LogP contribution in [0.15, 0.2) is 52.2 Å². The molecule has 2 radical (unpaired) electrons. The molecular formula is C26H35BClN4O10P. The number of aromatic amines is 1. The lowest BCUT2D eigenvalue weighted by molar-refractivity contribution is -0.156. The number of para-hydroxylation sites is 1. The van der Waals surface area contributed by atoms with Gasteiger partial charge in [-0.15, -0.1) is 11.6 Å². The first-order valence-corrected chi connectivity index (χ1v) is 15.3. The summed E-state index contributed by atoms with van der Waals surface area (Å²) in [6, 6.07) is 6.84. The molecule has 1 fully saturated rings. The normalized spacial score (nSPS) is 24.7. The number of esters is 2. The molecule has 0 bridgehead atoms. The fourth-order valence-corrected chi connectivity index (χ4v) is 5.78. The van der Waals surface area contributed by atoms with Crippen LogP contribution in [-0.4, -0.2) is 71.1 Å². The Balaban J connectivity index is 1.94. The Morgan fingerprint density at radius 1 is 1.16 bits per heavy atom. The van der Waals surface area contributed by atoms with Crippen molar-refractivity contribution in [1.82, 2.24) is 14.6 Å². The van der Waals surface area contributed by atoms with Gasteiger partial charge in [0.1, 0.15) is 37.9 Å². The van der Waals surface area contributed by atoms with Crippen molar-refractivity contribution in [2.24, 2.45) is 11.7 Å². The lowest BCUT2D eigenvalue weighted by Gasteiger charge is -2.31. The molecule has 234 valence electrons. The molecule has 3 rings (SSSR count). The van der Waals surface area contributed by atoms with Crippen LogP contribution in [0.3, 0.4) is 0 Å². The SMILES string of the molecule is [B][C@]1(Cl)[C@H](OC(=O)[C@@H](N)C(C)C)[C@@H](CO[P@@](=O)(N[C@@H](C)C(=O)OC(C)C)Oc2ccccc2)O[C@H]1n1ccc(=O)[nH]c1=O. The molecule has 1 aromatic carbocycles. The maximum absolute atomic E-state index is 14.0. The molecule has 1 aliphatic rings. The molecule has 2 heterocycles. The fraction of sp³-hybridized carbons (Fsp3) is 0.538. The second-order valence-corrected chi connectivity index (χ2v) is 12.9. The summed E-state index contributed by atoms with van der Waals surface area (Å²) in [4.78, 5) is 51.6. The summed E-state index contributed by atoms with van der Waals surface area (Å²) in [5.41, 5.74) is 4.37. The summed E-state index contributed by atoms with van der Waals surface area (Å²) in [6.07, 6.45) is -3.69. The highest BCUT2D eigenvalue weighted by atomic mass is 35.5. The van der Waals surface area contributed by atoms with E-state index < -0.39 is 78.9 Å². The number of aromatic nitrogens is 2. The van der Waals surface area contributed by atoms with Gasteiger partial charge >= 0.3 is 25.4 Å². The van der Waals surface area contributed by atoms with Crippen molar-refractivity contribution in [1.29, 1.82) is 0 Å². The van der Waals surface area contributed by atoms with Gasteiger partial charge in [0, 0.05) is 12.3 Å². The van der Waals surface area contributed by atoms with Gasteiger partial charge in [-0.05, 0) is 38.8 Å². The number of rotatable bonds is 13. The molecule has 2 aromatic rings. The molecule has 43 heavy (non-hydrogen) atoms. The van der Waals surface area contributed by atoms with Crippen LogP contribution < -0.4 is 26.6 Å². The monoisotopic (exact) mass is 640 g/mol. The minimum absolute atomic E-state index is 0.143. The number of halogens is 1. The van der Waals surface area contributed by atoms with Crippen LogP contribution in [0.4, 0.5) is 0 Å². The van der Waals surface area contributed by atoms with Crippen molar-refractivity contribution in [3.63, 3.8) is 0 Å². The maximum atomic E-state index is 14.0. The van der Waals surface area contributed by atoms with Crippen molar-refractivity contribution in [3.05, 3.63) is 63.4 Å². The summed E-state index contributed by atoms with van der Waals surface area (Å²) >= 11 is 6.67. The van der Waals surface area contributed by atoms with E-state index in [4.69, 9.17) is 48.4 Å². The zero-order chi connectivity index (χ0) is 32.1. The molecule has 14 nitrogen and oxygen atoms in total. The topological polar surface area (TPSA) is 190 Å². The number of hydrogen-bond donors (Lipinski definition) is 3. The van der Waals surface area contributed by atoms with E-state index in [2.05, 4.69) is 10.1 Å². The highest BCUT2D eigenvalue weighted by molar-refractivity contribution is 7.52. The summed E-state index contributed by atoms with van der Waals surface area (Å²) < 4.78 is 40.8. The van der Waals surface area contributed by atoms with Gasteiger partial charge in [-0.2, -0.15) is 5.09 Å². The van der Waals surface area contributed by atoms with Crippen LogP contribution in [-0.2, 0) is 32.9 Å². The van der Waals surface area contributed by atoms with Crippen molar-refractivity contribution in [2.75, 3.05) is 6.61 Å². The summed E-state index contributed by atoms with van der Waals surface area (Å²) in [6.45, 7) is 7.48. The highest BCUT2D eigenvalue weighted by Gasteiger charge is 2.56. The Morgan fingerprint density at radius 2 is 1.81 bits per heavy atom. The largest absolute Gasteiger partial charge is 0.462 e. The van der Waals surface area contributed by atoms with Crippen LogP contribution >= 0.6 is 19.3 Å². The zero-order valence-corrected chi connectivity index (χ0v) is 25.9. The number of alkyl halides is 1. The lowest BCUT2D eigenvalue weighted by Crippen LogP contribution is -2.50. The summed E-state index contributed by atoms with van der Waals surface area (Å²) in [5.74, 6) is -1.77. The average Bonchev–Trinajstić information content (AvgIpc) is 3.16. The van der Waals surface area contributed by atoms with E-state index in [1.165, 1.54) is 19.1 Å². The van der Waals surface area contributed by atoms with Crippen molar-refractivity contribution in [3.8, 4) is 5.75 Å². The van der Waals surface area contributed by atoms with E-state index in [-0.39, 0.29) is 11.7 Å². The third-order valence-electron chi connectivity index (χ3n) is 6.23. The summed E-state index contributed by atoms with van der Waals surface area (Å²) in [7, 11) is 2.00. The second kappa shape index (κ2) is 14.2. The number of ether oxygens (including phenoxy) is 3. The Kier molecular flexibility index (Phi) is 11.4. The number of nitrogens with one attached hydrogen (secondary N) is 2. The molecule has 1 aliphatic heterocycles. The number of carbonyl (C=O) groups is 2. The maximum Gasteiger partial charge on any atom is 0.459 e. The number of hydrogen-bond acceptors (Lipinski definition) is 11. The van der Waals surface area contributed by atoms with E-state index in [9.17, 15) is 23.7 Å². The van der Waals surface area contributed by atoms with Gasteiger partial charge < -0.3 is 24.5 Å². The minimum atomic E-state index is -4.39. The Morgan fingerprint density at radius 3 is 2.40 bits per heavy atom. The van der Waals surface area contributed by atoms with Crippen molar-refractivity contribution < 1.29 is 37.4 Å². The van der Waals surface area contributed by atoms with Crippen LogP contribution in [0.5, 0.6) is 5.75 Å². The van der Waals surface area contributed by atoms with Gasteiger partial charge in [0.25, 0.3) is 5.56 Å². The number of nitrogens with two attached hydrogens (primary N) is 1. The first kappa shape index (κ1) is 34.6. The second-order valence-electron chi connectivity index (χ2n) is 10.5. The van der Waals surface area contributed by atoms with Gasteiger partial charge in [-0.1, -0.05) is 32.0 Å². The van der Waals surface area contributed by atoms with Crippen LogP contribution in [0.25, 0.3) is 0 Å². The molecule has 4 N–H and O–H groups in total. The molecule has 1 saturated heterocycles. The molecule has 0 unspecified atom stereocenters. The van der Waals surface area contributed by atoms with Gasteiger partial charge in [0.15, 0.2) is 6.23 Å². The Hall–Kier alpha value is -2.94. The molecule has 0 saturated carbocycles. The molecule has 0 amide bonds. The van der Waals surface area contributed by atoms with Gasteiger partial charge in [-0.3, -0.25) is 28.5 Å². The van der Waals surface area contributed by atoms with E-state index in [1.807, 2.05) is 0 Å². The average molecular weight is 641 g/mol. The van der Waals surface area contributed by atoms with Gasteiger partial charge in [0.2, 0.25) is 0 Å². The quantitative estimate of drug-likeness (QED) is 0.124. The summed E-state index contributed by atoms with van der Waals surface area (Å²) in [5, 5.41) is 2.53. The first-order valence-electron chi connectivity index (χ1n) is 13.4. The van der Waals surface area contributed by atoms with Crippen LogP contribution in [0.2, 0.25) is 0 Å². The lowest BCUT2D eigenvalue weighted by atomic mass is 9.79. The number of carbonyl (C=O) groups excluding carboxylic acids is 2. The van der Waals surface area contributed by atoms with Crippen molar-refractivity contribution >= 4 is 39.1 Å². The number of benzene rings is 1. The molecule has 17 heteroatoms. The van der Waals surface area contributed by atoms with Crippen LogP contribution in [0.1, 0.15) is 40.8 Å². The van der Waals surface area contributed by atoms with Gasteiger partial charge in [0.05, 0.1) is 17.5 Å². The number of nitrogens with zero attached hydrogens (tertiary/aromatic N) is 1. The molecule has 0 aliphatic carbocycles. The standard InChI is InChI=1S/C26H35BClN4O10P/c1-14(2)20(29)23(35)41-21-18(40-24(26(21,27)28)32-12-11-19(33)30-25(32)36)13-38-43(37,42-17-9-7-6-8-10-17)31-16(5)22(34)39-15(3)4/h6-12,14-16,18,20-21,24H,13,29H2,1-5H3,(H,31,37)(H,30,33,36)/t16-,18+,20-,21+,24+,26-,43-/m0/s1. The van der Waals surface area contributed by atoms with E-state index in [0.29, 0.717) is 0 Å². The Bertz CT molecular complexity index is 1440. The highest BCUT2D eigenvalue weighted by Crippen LogP contribution is 2.48. The van der Waals surface area contributed by atoms with E-state index >= 15 is 0 Å². The first-order chi connectivity index (χ1) is 20.0. The van der Waals surface area contributed by atoms with E-state index in [1.54, 1.807) is 45.9 Å². The predicted octanol–water partition coefficient (Wildman–Crippen LogP) is 1.57. The third-order valence-corrected chi connectivity index (χ3v) is 8.27. The smallest absolute Gasteiger partial charge is 0.459 e. The molecule has 7 atom stereocenters. The molecule has 0 spiro atoms. The van der Waals surface area contributed by atoms with Crippen molar-refractivity contribution in [2.45, 2.75) is 76.0 Å². The Labute approximate surface area is 254 Å².